The third kappa shape index (κ3) is 2.84. The maximum Gasteiger partial charge on any atom is 0.303 e. The lowest BCUT2D eigenvalue weighted by Crippen LogP contribution is -2.23. The average molecular weight is 236 g/mol. The highest BCUT2D eigenvalue weighted by Crippen LogP contribution is 2.34. The minimum Gasteiger partial charge on any atom is -0.481 e. The van der Waals surface area contributed by atoms with E-state index < -0.39 is 11.8 Å². The second kappa shape index (κ2) is 4.85. The topological polar surface area (TPSA) is 55.8 Å². The van der Waals surface area contributed by atoms with Gasteiger partial charge in [0.1, 0.15) is 0 Å². The van der Waals surface area contributed by atoms with Crippen molar-refractivity contribution in [1.29, 1.82) is 0 Å². The van der Waals surface area contributed by atoms with Crippen LogP contribution in [0.2, 0.25) is 0 Å². The third-order valence-corrected chi connectivity index (χ3v) is 2.91. The molecule has 1 heterocycles. The zero-order valence-electron chi connectivity index (χ0n) is 9.76. The predicted molar refractivity (Wildman–Crippen MR) is 61.5 cm³/mol. The van der Waals surface area contributed by atoms with Gasteiger partial charge in [-0.15, -0.1) is 0 Å². The van der Waals surface area contributed by atoms with Crippen LogP contribution in [0.4, 0.5) is 0 Å². The van der Waals surface area contributed by atoms with E-state index in [2.05, 4.69) is 0 Å². The molecule has 0 saturated carbocycles. The molecule has 1 N–H and O–H groups in total. The zero-order valence-corrected chi connectivity index (χ0v) is 9.76. The standard InChI is InChI=1S/C13H16O4/c1-13(10-5-3-2-4-6-10)16-9-11(17-13)7-8-12(14)15/h2-6,11H,7-9H2,1H3,(H,14,15). The van der Waals surface area contributed by atoms with E-state index in [-0.39, 0.29) is 12.5 Å². The van der Waals surface area contributed by atoms with Crippen LogP contribution in [0, 0.1) is 0 Å². The van der Waals surface area contributed by atoms with Gasteiger partial charge in [-0.1, -0.05) is 30.3 Å². The van der Waals surface area contributed by atoms with Crippen molar-refractivity contribution in [1.82, 2.24) is 0 Å². The summed E-state index contributed by atoms with van der Waals surface area (Å²) in [5, 5.41) is 8.62. The summed E-state index contributed by atoms with van der Waals surface area (Å²) >= 11 is 0. The third-order valence-electron chi connectivity index (χ3n) is 2.91. The number of rotatable bonds is 4. The SMILES string of the molecule is CC1(c2ccccc2)OCC(CCC(=O)O)O1. The van der Waals surface area contributed by atoms with Crippen molar-refractivity contribution in [2.75, 3.05) is 6.61 Å². The summed E-state index contributed by atoms with van der Waals surface area (Å²) in [6, 6.07) is 9.68. The lowest BCUT2D eigenvalue weighted by Gasteiger charge is -2.23. The molecule has 1 aromatic rings. The van der Waals surface area contributed by atoms with Gasteiger partial charge in [-0.05, 0) is 13.3 Å². The van der Waals surface area contributed by atoms with E-state index in [4.69, 9.17) is 14.6 Å². The molecule has 1 aromatic carbocycles. The summed E-state index contributed by atoms with van der Waals surface area (Å²) in [6.07, 6.45) is 0.452. The fraction of sp³-hybridized carbons (Fsp3) is 0.462. The number of carboxylic acid groups (broad SMARTS) is 1. The van der Waals surface area contributed by atoms with Gasteiger partial charge in [0.25, 0.3) is 0 Å². The minimum atomic E-state index is -0.804. The van der Waals surface area contributed by atoms with Crippen LogP contribution in [0.3, 0.4) is 0 Å². The number of carboxylic acids is 1. The highest BCUT2D eigenvalue weighted by atomic mass is 16.7. The molecule has 1 aliphatic heterocycles. The molecule has 0 spiro atoms. The minimum absolute atomic E-state index is 0.110. The van der Waals surface area contributed by atoms with Gasteiger partial charge in [0.2, 0.25) is 0 Å². The Hall–Kier alpha value is -1.39. The fourth-order valence-electron chi connectivity index (χ4n) is 1.96. The molecule has 4 heteroatoms. The summed E-state index contributed by atoms with van der Waals surface area (Å²) in [5.74, 6) is -1.55. The molecule has 0 amide bonds. The van der Waals surface area contributed by atoms with Crippen molar-refractivity contribution in [3.05, 3.63) is 35.9 Å². The number of hydrogen-bond donors (Lipinski definition) is 1. The molecule has 0 aromatic heterocycles. The molecule has 4 nitrogen and oxygen atoms in total. The van der Waals surface area contributed by atoms with E-state index >= 15 is 0 Å². The van der Waals surface area contributed by atoms with Crippen LogP contribution in [-0.4, -0.2) is 23.8 Å². The molecule has 2 rings (SSSR count). The van der Waals surface area contributed by atoms with Crippen molar-refractivity contribution in [2.24, 2.45) is 0 Å². The Morgan fingerprint density at radius 2 is 2.18 bits per heavy atom. The van der Waals surface area contributed by atoms with Gasteiger partial charge in [-0.2, -0.15) is 0 Å². The van der Waals surface area contributed by atoms with Crippen LogP contribution in [0.25, 0.3) is 0 Å². The molecular formula is C13H16O4. The van der Waals surface area contributed by atoms with Crippen LogP contribution in [0.15, 0.2) is 30.3 Å². The van der Waals surface area contributed by atoms with E-state index in [0.717, 1.165) is 5.56 Å². The smallest absolute Gasteiger partial charge is 0.303 e. The van der Waals surface area contributed by atoms with E-state index in [1.54, 1.807) is 0 Å². The monoisotopic (exact) mass is 236 g/mol. The summed E-state index contributed by atoms with van der Waals surface area (Å²) in [5.41, 5.74) is 0.956. The zero-order chi connectivity index (χ0) is 12.3. The molecule has 2 unspecified atom stereocenters. The summed E-state index contributed by atoms with van der Waals surface area (Å²) in [4.78, 5) is 10.5. The van der Waals surface area contributed by atoms with Crippen molar-refractivity contribution >= 4 is 5.97 Å². The largest absolute Gasteiger partial charge is 0.481 e. The van der Waals surface area contributed by atoms with Crippen molar-refractivity contribution in [3.8, 4) is 0 Å². The van der Waals surface area contributed by atoms with Crippen LogP contribution in [0.5, 0.6) is 0 Å². The highest BCUT2D eigenvalue weighted by molar-refractivity contribution is 5.66. The predicted octanol–water partition coefficient (Wildman–Crippen LogP) is 2.14. The molecule has 17 heavy (non-hydrogen) atoms. The molecule has 0 aliphatic carbocycles. The first-order valence-corrected chi connectivity index (χ1v) is 5.69. The van der Waals surface area contributed by atoms with Gasteiger partial charge < -0.3 is 14.6 Å². The lowest BCUT2D eigenvalue weighted by atomic mass is 10.1. The summed E-state index contributed by atoms with van der Waals surface area (Å²) < 4.78 is 11.5. The molecule has 0 radical (unpaired) electrons. The lowest BCUT2D eigenvalue weighted by molar-refractivity contribution is -0.163. The van der Waals surface area contributed by atoms with Gasteiger partial charge >= 0.3 is 5.97 Å². The Morgan fingerprint density at radius 1 is 1.47 bits per heavy atom. The molecule has 92 valence electrons. The van der Waals surface area contributed by atoms with Gasteiger partial charge in [-0.25, -0.2) is 0 Å². The number of carbonyl (C=O) groups is 1. The normalized spacial score (nSPS) is 28.2. The molecule has 1 aliphatic rings. The number of hydrogen-bond acceptors (Lipinski definition) is 3. The number of ether oxygens (including phenoxy) is 2. The molecule has 1 fully saturated rings. The second-order valence-electron chi connectivity index (χ2n) is 4.30. The number of aliphatic carboxylic acids is 1. The molecular weight excluding hydrogens is 220 g/mol. The maximum absolute atomic E-state index is 10.5. The number of benzene rings is 1. The van der Waals surface area contributed by atoms with Crippen LogP contribution in [0.1, 0.15) is 25.3 Å². The van der Waals surface area contributed by atoms with Gasteiger partial charge in [-0.3, -0.25) is 4.79 Å². The van der Waals surface area contributed by atoms with Crippen LogP contribution in [-0.2, 0) is 20.1 Å². The fourth-order valence-corrected chi connectivity index (χ4v) is 1.96. The van der Waals surface area contributed by atoms with E-state index in [1.807, 2.05) is 37.3 Å². The second-order valence-corrected chi connectivity index (χ2v) is 4.30. The Balaban J connectivity index is 1.99. The molecule has 0 bridgehead atoms. The van der Waals surface area contributed by atoms with Crippen molar-refractivity contribution < 1.29 is 19.4 Å². The Kier molecular flexibility index (Phi) is 3.45. The van der Waals surface area contributed by atoms with E-state index in [1.165, 1.54) is 0 Å². The van der Waals surface area contributed by atoms with E-state index in [0.29, 0.717) is 13.0 Å². The van der Waals surface area contributed by atoms with Gasteiger partial charge in [0.15, 0.2) is 5.79 Å². The maximum atomic E-state index is 10.5. The quantitative estimate of drug-likeness (QED) is 0.870. The highest BCUT2D eigenvalue weighted by Gasteiger charge is 2.38. The Morgan fingerprint density at radius 3 is 2.82 bits per heavy atom. The molecule has 1 saturated heterocycles. The summed E-state index contributed by atoms with van der Waals surface area (Å²) in [7, 11) is 0. The van der Waals surface area contributed by atoms with E-state index in [9.17, 15) is 4.79 Å². The van der Waals surface area contributed by atoms with Crippen LogP contribution < -0.4 is 0 Å². The van der Waals surface area contributed by atoms with Crippen molar-refractivity contribution in [3.63, 3.8) is 0 Å². The van der Waals surface area contributed by atoms with Crippen LogP contribution >= 0.6 is 0 Å². The Labute approximate surface area is 100 Å². The van der Waals surface area contributed by atoms with Crippen molar-refractivity contribution in [2.45, 2.75) is 31.7 Å². The first kappa shape index (κ1) is 12.1. The first-order chi connectivity index (χ1) is 8.10. The summed E-state index contributed by atoms with van der Waals surface area (Å²) in [6.45, 7) is 2.31. The van der Waals surface area contributed by atoms with Gasteiger partial charge in [0.05, 0.1) is 12.7 Å². The van der Waals surface area contributed by atoms with Gasteiger partial charge in [0, 0.05) is 12.0 Å². The Bertz CT molecular complexity index is 390. The molecule has 2 atom stereocenters. The average Bonchev–Trinajstić information content (AvgIpc) is 2.71. The first-order valence-electron chi connectivity index (χ1n) is 5.69.